The largest absolute Gasteiger partial charge is 0.390 e. The summed E-state index contributed by atoms with van der Waals surface area (Å²) in [5, 5.41) is 9.36. The molecule has 0 aromatic heterocycles. The molecule has 1 atom stereocenters. The number of hydrogen-bond donors (Lipinski definition) is 1. The van der Waals surface area contributed by atoms with E-state index in [-0.39, 0.29) is 0 Å². The highest BCUT2D eigenvalue weighted by atomic mass is 16.3. The first-order valence-corrected chi connectivity index (χ1v) is 5.75. The Kier molecular flexibility index (Phi) is 4.20. The summed E-state index contributed by atoms with van der Waals surface area (Å²) in [6.07, 6.45) is 5.08. The fourth-order valence-corrected chi connectivity index (χ4v) is 2.87. The summed E-state index contributed by atoms with van der Waals surface area (Å²) in [5.74, 6) is 0. The number of rotatable bonds is 5. The van der Waals surface area contributed by atoms with E-state index < -0.39 is 0 Å². The molecular weight excluding hydrogens is 162 g/mol. The minimum Gasteiger partial charge on any atom is -0.390 e. The molecule has 0 spiro atoms. The summed E-state index contributed by atoms with van der Waals surface area (Å²) < 4.78 is 1.20. The van der Waals surface area contributed by atoms with Crippen LogP contribution in [0.1, 0.15) is 39.5 Å². The minimum atomic E-state index is 0.372. The quantitative estimate of drug-likeness (QED) is 0.649. The van der Waals surface area contributed by atoms with Crippen LogP contribution >= 0.6 is 0 Å². The first-order valence-electron chi connectivity index (χ1n) is 5.75. The van der Waals surface area contributed by atoms with Crippen LogP contribution in [0.25, 0.3) is 0 Å². The average Bonchev–Trinajstić information content (AvgIpc) is 2.57. The predicted molar refractivity (Wildman–Crippen MR) is 55.6 cm³/mol. The Labute approximate surface area is 82.1 Å². The van der Waals surface area contributed by atoms with Crippen molar-refractivity contribution in [2.45, 2.75) is 45.6 Å². The number of quaternary nitrogens is 1. The van der Waals surface area contributed by atoms with Crippen molar-refractivity contribution in [3.05, 3.63) is 0 Å². The third-order valence-corrected chi connectivity index (χ3v) is 3.58. The second kappa shape index (κ2) is 4.97. The fourth-order valence-electron chi connectivity index (χ4n) is 2.87. The molecule has 0 aromatic carbocycles. The molecule has 1 aliphatic heterocycles. The van der Waals surface area contributed by atoms with Crippen molar-refractivity contribution < 1.29 is 9.59 Å². The van der Waals surface area contributed by atoms with Crippen LogP contribution in [-0.4, -0.2) is 41.9 Å². The van der Waals surface area contributed by atoms with Crippen LogP contribution in [0.15, 0.2) is 0 Å². The molecule has 1 saturated heterocycles. The van der Waals surface area contributed by atoms with Gasteiger partial charge in [-0.25, -0.2) is 0 Å². The molecule has 0 aliphatic carbocycles. The molecule has 0 aromatic rings. The molecule has 78 valence electrons. The van der Waals surface area contributed by atoms with Crippen LogP contribution in [0.5, 0.6) is 0 Å². The lowest BCUT2D eigenvalue weighted by Gasteiger charge is -2.40. The number of likely N-dealkylation sites (tertiary alicyclic amines) is 1. The Balaban J connectivity index is 2.63. The van der Waals surface area contributed by atoms with Gasteiger partial charge in [-0.15, -0.1) is 0 Å². The van der Waals surface area contributed by atoms with Crippen molar-refractivity contribution >= 4 is 0 Å². The van der Waals surface area contributed by atoms with Crippen LogP contribution in [0.2, 0.25) is 0 Å². The zero-order chi connectivity index (χ0) is 9.73. The topological polar surface area (TPSA) is 20.2 Å². The smallest absolute Gasteiger partial charge is 0.112 e. The summed E-state index contributed by atoms with van der Waals surface area (Å²) in [6.45, 7) is 8.69. The summed E-state index contributed by atoms with van der Waals surface area (Å²) >= 11 is 0. The molecule has 0 amide bonds. The minimum absolute atomic E-state index is 0.372. The normalized spacial score (nSPS) is 23.3. The summed E-state index contributed by atoms with van der Waals surface area (Å²) in [6, 6.07) is 0.502. The summed E-state index contributed by atoms with van der Waals surface area (Å²) in [7, 11) is 0. The average molecular weight is 186 g/mol. The Morgan fingerprint density at radius 1 is 1.23 bits per heavy atom. The van der Waals surface area contributed by atoms with Gasteiger partial charge < -0.3 is 9.59 Å². The standard InChI is InChI=1S/C11H24NO/c1-3-7-12(8-5-6-9-12)11(4-2)10-13/h11,13H,3-10H2,1-2H3/q+1/t11-/m1/s1. The molecule has 1 fully saturated rings. The van der Waals surface area contributed by atoms with E-state index in [1.165, 1.54) is 43.4 Å². The zero-order valence-electron chi connectivity index (χ0n) is 9.13. The van der Waals surface area contributed by atoms with Crippen molar-refractivity contribution in [1.29, 1.82) is 0 Å². The van der Waals surface area contributed by atoms with E-state index in [1.807, 2.05) is 0 Å². The Morgan fingerprint density at radius 2 is 1.85 bits per heavy atom. The lowest BCUT2D eigenvalue weighted by atomic mass is 10.1. The van der Waals surface area contributed by atoms with E-state index in [9.17, 15) is 5.11 Å². The number of hydrogen-bond acceptors (Lipinski definition) is 1. The molecule has 2 heteroatoms. The highest BCUT2D eigenvalue weighted by molar-refractivity contribution is 4.63. The van der Waals surface area contributed by atoms with Gasteiger partial charge in [0.2, 0.25) is 0 Å². The highest BCUT2D eigenvalue weighted by Gasteiger charge is 2.37. The lowest BCUT2D eigenvalue weighted by Crippen LogP contribution is -2.55. The van der Waals surface area contributed by atoms with Crippen LogP contribution in [0.3, 0.4) is 0 Å². The molecule has 1 aliphatic rings. The molecule has 0 bridgehead atoms. The molecule has 0 saturated carbocycles. The third-order valence-electron chi connectivity index (χ3n) is 3.58. The van der Waals surface area contributed by atoms with E-state index in [2.05, 4.69) is 13.8 Å². The maximum absolute atomic E-state index is 9.36. The van der Waals surface area contributed by atoms with Crippen LogP contribution in [0, 0.1) is 0 Å². The van der Waals surface area contributed by atoms with E-state index in [4.69, 9.17) is 0 Å². The maximum atomic E-state index is 9.36. The van der Waals surface area contributed by atoms with Crippen molar-refractivity contribution in [1.82, 2.24) is 0 Å². The second-order valence-corrected chi connectivity index (χ2v) is 4.34. The number of aliphatic hydroxyl groups excluding tert-OH is 1. The third kappa shape index (κ3) is 2.23. The van der Waals surface area contributed by atoms with Crippen LogP contribution in [-0.2, 0) is 0 Å². The lowest BCUT2D eigenvalue weighted by molar-refractivity contribution is -0.941. The summed E-state index contributed by atoms with van der Waals surface area (Å²) in [4.78, 5) is 0. The molecule has 0 unspecified atom stereocenters. The van der Waals surface area contributed by atoms with Crippen molar-refractivity contribution in [2.75, 3.05) is 26.2 Å². The SMILES string of the molecule is CCC[N+]1([C@H](CC)CO)CCCC1. The van der Waals surface area contributed by atoms with Crippen molar-refractivity contribution in [3.8, 4) is 0 Å². The van der Waals surface area contributed by atoms with Gasteiger partial charge in [-0.2, -0.15) is 0 Å². The van der Waals surface area contributed by atoms with Crippen molar-refractivity contribution in [3.63, 3.8) is 0 Å². The van der Waals surface area contributed by atoms with E-state index in [1.54, 1.807) is 0 Å². The zero-order valence-corrected chi connectivity index (χ0v) is 9.13. The van der Waals surface area contributed by atoms with Gasteiger partial charge in [0.25, 0.3) is 0 Å². The first-order chi connectivity index (χ1) is 6.29. The Morgan fingerprint density at radius 3 is 2.23 bits per heavy atom. The second-order valence-electron chi connectivity index (χ2n) is 4.34. The molecule has 2 nitrogen and oxygen atoms in total. The molecule has 1 N–H and O–H groups in total. The van der Waals surface area contributed by atoms with Crippen molar-refractivity contribution in [2.24, 2.45) is 0 Å². The first kappa shape index (κ1) is 11.0. The van der Waals surface area contributed by atoms with E-state index >= 15 is 0 Å². The molecule has 1 heterocycles. The molecule has 0 radical (unpaired) electrons. The van der Waals surface area contributed by atoms with Gasteiger partial charge in [0.15, 0.2) is 0 Å². The van der Waals surface area contributed by atoms with Gasteiger partial charge in [0.1, 0.15) is 6.04 Å². The van der Waals surface area contributed by atoms with Gasteiger partial charge in [-0.05, 0) is 12.8 Å². The van der Waals surface area contributed by atoms with Gasteiger partial charge in [0.05, 0.1) is 26.2 Å². The molecule has 1 rings (SSSR count). The van der Waals surface area contributed by atoms with Gasteiger partial charge in [0, 0.05) is 12.8 Å². The van der Waals surface area contributed by atoms with Crippen LogP contribution < -0.4 is 0 Å². The van der Waals surface area contributed by atoms with Gasteiger partial charge in [-0.1, -0.05) is 13.8 Å². The monoisotopic (exact) mass is 186 g/mol. The van der Waals surface area contributed by atoms with Gasteiger partial charge in [-0.3, -0.25) is 0 Å². The summed E-state index contributed by atoms with van der Waals surface area (Å²) in [5.41, 5.74) is 0. The van der Waals surface area contributed by atoms with E-state index in [0.717, 1.165) is 6.42 Å². The van der Waals surface area contributed by atoms with E-state index in [0.29, 0.717) is 12.6 Å². The number of nitrogens with zero attached hydrogens (tertiary/aromatic N) is 1. The maximum Gasteiger partial charge on any atom is 0.112 e. The van der Waals surface area contributed by atoms with Crippen LogP contribution in [0.4, 0.5) is 0 Å². The predicted octanol–water partition coefficient (Wildman–Crippen LogP) is 1.78. The number of aliphatic hydroxyl groups is 1. The fraction of sp³-hybridized carbons (Fsp3) is 1.00. The molecular formula is C11H24NO+. The Hall–Kier alpha value is -0.0800. The van der Waals surface area contributed by atoms with Gasteiger partial charge >= 0.3 is 0 Å². The highest BCUT2D eigenvalue weighted by Crippen LogP contribution is 2.25. The Bertz CT molecular complexity index is 137. The molecule has 13 heavy (non-hydrogen) atoms.